The molecule has 1 aliphatic carbocycles. The van der Waals surface area contributed by atoms with Gasteiger partial charge in [0.1, 0.15) is 0 Å². The first kappa shape index (κ1) is 16.9. The number of carbonyl (C=O) groups excluding carboxylic acids is 1. The minimum Gasteiger partial charge on any atom is -0.349 e. The summed E-state index contributed by atoms with van der Waals surface area (Å²) in [6, 6.07) is 6.83. The molecule has 1 unspecified atom stereocenters. The maximum Gasteiger partial charge on any atom is 0.225 e. The van der Waals surface area contributed by atoms with Crippen molar-refractivity contribution in [2.45, 2.75) is 39.3 Å². The summed E-state index contributed by atoms with van der Waals surface area (Å²) in [5, 5.41) is 4.52. The lowest BCUT2D eigenvalue weighted by Crippen LogP contribution is -2.52. The van der Waals surface area contributed by atoms with Crippen molar-refractivity contribution in [1.29, 1.82) is 0 Å². The van der Waals surface area contributed by atoms with Crippen LogP contribution in [0.1, 0.15) is 31.9 Å². The number of hydrogen-bond acceptors (Lipinski definition) is 2. The third kappa shape index (κ3) is 2.74. The van der Waals surface area contributed by atoms with Gasteiger partial charge in [-0.15, -0.1) is 0 Å². The van der Waals surface area contributed by atoms with Crippen LogP contribution in [0.4, 0.5) is 0 Å². The maximum absolute atomic E-state index is 12.4. The van der Waals surface area contributed by atoms with Crippen LogP contribution < -0.4 is 5.32 Å². The summed E-state index contributed by atoms with van der Waals surface area (Å²) in [4.78, 5) is 18.2. The number of benzene rings is 1. The Morgan fingerprint density at radius 1 is 1.36 bits per heavy atom. The Morgan fingerprint density at radius 2 is 2.12 bits per heavy atom. The average molecular weight is 402 g/mol. The van der Waals surface area contributed by atoms with Crippen molar-refractivity contribution < 1.29 is 4.79 Å². The number of amides is 1. The third-order valence-corrected chi connectivity index (χ3v) is 6.02. The fourth-order valence-corrected chi connectivity index (χ4v) is 4.55. The molecule has 0 fully saturated rings. The van der Waals surface area contributed by atoms with Gasteiger partial charge >= 0.3 is 0 Å². The van der Waals surface area contributed by atoms with Crippen molar-refractivity contribution >= 4 is 38.3 Å². The molecule has 0 saturated heterocycles. The van der Waals surface area contributed by atoms with Gasteiger partial charge < -0.3 is 10.3 Å². The van der Waals surface area contributed by atoms with Gasteiger partial charge in [-0.3, -0.25) is 9.69 Å². The molecule has 1 aliphatic heterocycles. The van der Waals surface area contributed by atoms with Crippen LogP contribution in [0.5, 0.6) is 0 Å². The summed E-state index contributed by atoms with van der Waals surface area (Å²) in [7, 11) is 2.15. The van der Waals surface area contributed by atoms with E-state index in [9.17, 15) is 4.79 Å². The molecule has 5 heteroatoms. The highest BCUT2D eigenvalue weighted by atomic mass is 79.9. The zero-order chi connectivity index (χ0) is 17.9. The Kier molecular flexibility index (Phi) is 3.85. The molecular formula is C20H24BrN3O. The molecule has 2 atom stereocenters. The fraction of sp³-hybridized carbons (Fsp3) is 0.450. The summed E-state index contributed by atoms with van der Waals surface area (Å²) >= 11 is 3.69. The van der Waals surface area contributed by atoms with E-state index < -0.39 is 0 Å². The first-order chi connectivity index (χ1) is 11.8. The largest absolute Gasteiger partial charge is 0.349 e. The molecule has 25 heavy (non-hydrogen) atoms. The molecule has 0 radical (unpaired) electrons. The predicted octanol–water partition coefficient (Wildman–Crippen LogP) is 3.71. The van der Waals surface area contributed by atoms with Gasteiger partial charge in [-0.1, -0.05) is 39.0 Å². The highest BCUT2D eigenvalue weighted by Crippen LogP contribution is 2.42. The molecule has 4 rings (SSSR count). The van der Waals surface area contributed by atoms with E-state index >= 15 is 0 Å². The average Bonchev–Trinajstić information content (AvgIpc) is 2.85. The molecular weight excluding hydrogens is 378 g/mol. The highest BCUT2D eigenvalue weighted by Gasteiger charge is 2.35. The topological polar surface area (TPSA) is 48.1 Å². The third-order valence-electron chi connectivity index (χ3n) is 5.34. The van der Waals surface area contributed by atoms with Crippen LogP contribution in [0.25, 0.3) is 16.5 Å². The van der Waals surface area contributed by atoms with Crippen molar-refractivity contribution in [1.82, 2.24) is 15.2 Å². The van der Waals surface area contributed by atoms with Gasteiger partial charge in [0.05, 0.1) is 10.6 Å². The lowest BCUT2D eigenvalue weighted by molar-refractivity contribution is -0.129. The predicted molar refractivity (Wildman–Crippen MR) is 105 cm³/mol. The highest BCUT2D eigenvalue weighted by molar-refractivity contribution is 9.10. The number of hydrogen-bond donors (Lipinski definition) is 2. The number of nitrogens with zero attached hydrogens (tertiary/aromatic N) is 1. The van der Waals surface area contributed by atoms with E-state index in [2.05, 4.69) is 62.5 Å². The standard InChI is InChI=1S/C20H24BrN3O/c1-20(2,3)19(25)22-11-8-13-12-6-5-7-15-17(12)14(18(21)23-15)9-16(13)24(4)10-11/h5-8,11,16,23H,9-10H2,1-4H3,(H,22,25)/t11?,16-/m1/s1. The van der Waals surface area contributed by atoms with Crippen LogP contribution in [0, 0.1) is 5.41 Å². The number of H-pyrrole nitrogens is 1. The Balaban J connectivity index is 1.78. The van der Waals surface area contributed by atoms with E-state index in [4.69, 9.17) is 0 Å². The lowest BCUT2D eigenvalue weighted by Gasteiger charge is -2.40. The number of aromatic nitrogens is 1. The zero-order valence-electron chi connectivity index (χ0n) is 15.1. The SMILES string of the molecule is CN1CC(NC(=O)C(C)(C)C)C=C2c3cccc4[nH]c(Br)c(c34)C[C@H]21. The summed E-state index contributed by atoms with van der Waals surface area (Å²) in [5.41, 5.74) is 4.77. The van der Waals surface area contributed by atoms with Gasteiger partial charge in [-0.05, 0) is 52.2 Å². The number of nitrogens with one attached hydrogen (secondary N) is 2. The normalized spacial score (nSPS) is 23.3. The van der Waals surface area contributed by atoms with Gasteiger partial charge in [-0.25, -0.2) is 0 Å². The summed E-state index contributed by atoms with van der Waals surface area (Å²) < 4.78 is 1.09. The number of carbonyl (C=O) groups is 1. The Labute approximate surface area is 156 Å². The molecule has 2 N–H and O–H groups in total. The van der Waals surface area contributed by atoms with Crippen molar-refractivity contribution in [2.75, 3.05) is 13.6 Å². The summed E-state index contributed by atoms with van der Waals surface area (Å²) in [6.07, 6.45) is 3.26. The van der Waals surface area contributed by atoms with E-state index in [1.54, 1.807) is 0 Å². The monoisotopic (exact) mass is 401 g/mol. The smallest absolute Gasteiger partial charge is 0.225 e. The van der Waals surface area contributed by atoms with E-state index in [-0.39, 0.29) is 17.4 Å². The molecule has 2 aromatic rings. The first-order valence-electron chi connectivity index (χ1n) is 8.78. The second kappa shape index (κ2) is 5.71. The minimum absolute atomic E-state index is 0.0437. The minimum atomic E-state index is -0.376. The van der Waals surface area contributed by atoms with Gasteiger partial charge in [0.2, 0.25) is 5.91 Å². The number of rotatable bonds is 1. The van der Waals surface area contributed by atoms with Crippen LogP contribution in [0.3, 0.4) is 0 Å². The van der Waals surface area contributed by atoms with Crippen LogP contribution >= 0.6 is 15.9 Å². The first-order valence-corrected chi connectivity index (χ1v) is 9.57. The van der Waals surface area contributed by atoms with Crippen LogP contribution in [0.15, 0.2) is 28.9 Å². The number of likely N-dealkylation sites (N-methyl/N-ethyl adjacent to an activating group) is 1. The molecule has 2 aliphatic rings. The second-order valence-electron chi connectivity index (χ2n) is 8.26. The second-order valence-corrected chi connectivity index (χ2v) is 9.05. The summed E-state index contributed by atoms with van der Waals surface area (Å²) in [5.74, 6) is 0.0975. The Bertz CT molecular complexity index is 890. The molecule has 4 nitrogen and oxygen atoms in total. The molecule has 0 spiro atoms. The quantitative estimate of drug-likeness (QED) is 0.764. The zero-order valence-corrected chi connectivity index (χ0v) is 16.7. The molecule has 0 bridgehead atoms. The van der Waals surface area contributed by atoms with Crippen molar-refractivity contribution in [3.8, 4) is 0 Å². The Morgan fingerprint density at radius 3 is 2.84 bits per heavy atom. The van der Waals surface area contributed by atoms with Crippen LogP contribution in [-0.2, 0) is 11.2 Å². The molecule has 1 aromatic heterocycles. The molecule has 1 aromatic carbocycles. The summed E-state index contributed by atoms with van der Waals surface area (Å²) in [6.45, 7) is 6.70. The van der Waals surface area contributed by atoms with E-state index in [1.807, 2.05) is 20.8 Å². The number of halogens is 1. The van der Waals surface area contributed by atoms with E-state index in [1.165, 1.54) is 27.6 Å². The lowest BCUT2D eigenvalue weighted by atomic mass is 9.81. The van der Waals surface area contributed by atoms with Gasteiger partial charge in [0.25, 0.3) is 0 Å². The van der Waals surface area contributed by atoms with Gasteiger partial charge in [-0.2, -0.15) is 0 Å². The Hall–Kier alpha value is -1.59. The van der Waals surface area contributed by atoms with Crippen molar-refractivity contribution in [3.63, 3.8) is 0 Å². The van der Waals surface area contributed by atoms with Gasteiger partial charge in [0.15, 0.2) is 0 Å². The van der Waals surface area contributed by atoms with E-state index in [0.29, 0.717) is 6.04 Å². The van der Waals surface area contributed by atoms with Crippen molar-refractivity contribution in [3.05, 3.63) is 40.0 Å². The maximum atomic E-state index is 12.4. The van der Waals surface area contributed by atoms with Crippen molar-refractivity contribution in [2.24, 2.45) is 5.41 Å². The molecule has 2 heterocycles. The number of aromatic amines is 1. The van der Waals surface area contributed by atoms with Gasteiger partial charge in [0, 0.05) is 28.9 Å². The fourth-order valence-electron chi connectivity index (χ4n) is 3.97. The van der Waals surface area contributed by atoms with Crippen LogP contribution in [-0.4, -0.2) is 41.5 Å². The molecule has 1 amide bonds. The molecule has 0 saturated carbocycles. The van der Waals surface area contributed by atoms with Crippen LogP contribution in [0.2, 0.25) is 0 Å². The molecule has 132 valence electrons. The number of fused-ring (bicyclic) bond motifs is 2. The van der Waals surface area contributed by atoms with E-state index in [0.717, 1.165) is 17.6 Å².